The molecule has 2 rings (SSSR count). The van der Waals surface area contributed by atoms with E-state index in [0.717, 1.165) is 17.8 Å². The normalized spacial score (nSPS) is 24.6. The second-order valence-electron chi connectivity index (χ2n) is 5.35. The van der Waals surface area contributed by atoms with Gasteiger partial charge in [0.1, 0.15) is 0 Å². The van der Waals surface area contributed by atoms with Gasteiger partial charge in [-0.25, -0.2) is 0 Å². The highest BCUT2D eigenvalue weighted by Gasteiger charge is 2.28. The Morgan fingerprint density at radius 2 is 2.17 bits per heavy atom. The van der Waals surface area contributed by atoms with Gasteiger partial charge in [-0.1, -0.05) is 18.1 Å². The predicted octanol–water partition coefficient (Wildman–Crippen LogP) is 2.32. The van der Waals surface area contributed by atoms with Gasteiger partial charge in [0.05, 0.1) is 0 Å². The summed E-state index contributed by atoms with van der Waals surface area (Å²) in [6, 6.07) is 6.52. The van der Waals surface area contributed by atoms with Gasteiger partial charge in [0.25, 0.3) is 0 Å². The third kappa shape index (κ3) is 2.28. The minimum Gasteiger partial charge on any atom is -0.409 e. The molecule has 0 aliphatic carbocycles. The van der Waals surface area contributed by atoms with Crippen LogP contribution in [-0.4, -0.2) is 23.6 Å². The summed E-state index contributed by atoms with van der Waals surface area (Å²) in [6.45, 7) is 7.57. The van der Waals surface area contributed by atoms with Crippen LogP contribution in [0.15, 0.2) is 23.4 Å². The number of rotatable bonds is 2. The van der Waals surface area contributed by atoms with Crippen molar-refractivity contribution in [3.05, 3.63) is 29.3 Å². The van der Waals surface area contributed by atoms with E-state index in [9.17, 15) is 0 Å². The molecule has 98 valence electrons. The SMILES string of the molecule is Cc1ccc(/C(N)=N/O)c(N2CC(C)CC2C)c1. The van der Waals surface area contributed by atoms with Crippen LogP contribution >= 0.6 is 0 Å². The van der Waals surface area contributed by atoms with Crippen LogP contribution in [0.2, 0.25) is 0 Å². The van der Waals surface area contributed by atoms with E-state index in [0.29, 0.717) is 12.0 Å². The number of hydrogen-bond acceptors (Lipinski definition) is 3. The summed E-state index contributed by atoms with van der Waals surface area (Å²) in [4.78, 5) is 2.35. The number of benzene rings is 1. The van der Waals surface area contributed by atoms with Crippen molar-refractivity contribution in [3.8, 4) is 0 Å². The van der Waals surface area contributed by atoms with Crippen LogP contribution in [-0.2, 0) is 0 Å². The predicted molar refractivity (Wildman–Crippen MR) is 74.3 cm³/mol. The maximum Gasteiger partial charge on any atom is 0.172 e. The molecule has 4 heteroatoms. The van der Waals surface area contributed by atoms with Crippen molar-refractivity contribution in [1.29, 1.82) is 0 Å². The van der Waals surface area contributed by atoms with Gasteiger partial charge in [-0.2, -0.15) is 0 Å². The van der Waals surface area contributed by atoms with Gasteiger partial charge in [0.2, 0.25) is 0 Å². The molecule has 0 radical (unpaired) electrons. The van der Waals surface area contributed by atoms with Crippen LogP contribution in [0, 0.1) is 12.8 Å². The Morgan fingerprint density at radius 3 is 2.72 bits per heavy atom. The molecule has 2 unspecified atom stereocenters. The fourth-order valence-corrected chi connectivity index (χ4v) is 2.79. The van der Waals surface area contributed by atoms with E-state index in [1.54, 1.807) is 0 Å². The second-order valence-corrected chi connectivity index (χ2v) is 5.35. The molecule has 0 spiro atoms. The fourth-order valence-electron chi connectivity index (χ4n) is 2.79. The van der Waals surface area contributed by atoms with E-state index >= 15 is 0 Å². The second kappa shape index (κ2) is 4.88. The lowest BCUT2D eigenvalue weighted by atomic mass is 10.1. The molecule has 0 aromatic heterocycles. The Kier molecular flexibility index (Phi) is 3.45. The van der Waals surface area contributed by atoms with Gasteiger partial charge >= 0.3 is 0 Å². The van der Waals surface area contributed by atoms with Gasteiger partial charge in [-0.05, 0) is 43.9 Å². The lowest BCUT2D eigenvalue weighted by Crippen LogP contribution is -2.29. The number of aryl methyl sites for hydroxylation is 1. The smallest absolute Gasteiger partial charge is 0.172 e. The molecule has 0 amide bonds. The average molecular weight is 247 g/mol. The van der Waals surface area contributed by atoms with E-state index < -0.39 is 0 Å². The standard InChI is InChI=1S/C14H21N3O/c1-9-4-5-12(14(15)16-18)13(7-9)17-8-10(2)6-11(17)3/h4-5,7,10-11,18H,6,8H2,1-3H3,(H2,15,16). The number of anilines is 1. The van der Waals surface area contributed by atoms with E-state index in [2.05, 4.69) is 36.9 Å². The van der Waals surface area contributed by atoms with Gasteiger partial charge in [-0.3, -0.25) is 0 Å². The summed E-state index contributed by atoms with van der Waals surface area (Å²) in [5.41, 5.74) is 8.83. The molecule has 18 heavy (non-hydrogen) atoms. The number of hydrogen-bond donors (Lipinski definition) is 2. The van der Waals surface area contributed by atoms with Crippen molar-refractivity contribution in [2.45, 2.75) is 33.2 Å². The van der Waals surface area contributed by atoms with Gasteiger partial charge in [-0.15, -0.1) is 0 Å². The summed E-state index contributed by atoms with van der Waals surface area (Å²) < 4.78 is 0. The molecule has 1 aliphatic heterocycles. The number of nitrogens with zero attached hydrogens (tertiary/aromatic N) is 2. The molecule has 0 bridgehead atoms. The third-order valence-corrected chi connectivity index (χ3v) is 3.63. The van der Waals surface area contributed by atoms with E-state index in [1.807, 2.05) is 12.1 Å². The number of nitrogens with two attached hydrogens (primary N) is 1. The van der Waals surface area contributed by atoms with Crippen LogP contribution in [0.25, 0.3) is 0 Å². The van der Waals surface area contributed by atoms with Crippen molar-refractivity contribution in [2.75, 3.05) is 11.4 Å². The highest BCUT2D eigenvalue weighted by molar-refractivity contribution is 6.02. The minimum absolute atomic E-state index is 0.178. The molecule has 1 heterocycles. The molecular formula is C14H21N3O. The number of oxime groups is 1. The number of amidine groups is 1. The van der Waals surface area contributed by atoms with Crippen LogP contribution in [0.3, 0.4) is 0 Å². The van der Waals surface area contributed by atoms with Crippen molar-refractivity contribution in [3.63, 3.8) is 0 Å². The zero-order chi connectivity index (χ0) is 13.3. The zero-order valence-corrected chi connectivity index (χ0v) is 11.2. The van der Waals surface area contributed by atoms with E-state index in [4.69, 9.17) is 10.9 Å². The van der Waals surface area contributed by atoms with Crippen LogP contribution in [0.5, 0.6) is 0 Å². The molecule has 1 aromatic carbocycles. The third-order valence-electron chi connectivity index (χ3n) is 3.63. The van der Waals surface area contributed by atoms with Crippen molar-refractivity contribution in [2.24, 2.45) is 16.8 Å². The maximum absolute atomic E-state index is 8.89. The van der Waals surface area contributed by atoms with Crippen LogP contribution in [0.1, 0.15) is 31.4 Å². The lowest BCUT2D eigenvalue weighted by molar-refractivity contribution is 0.318. The van der Waals surface area contributed by atoms with Crippen molar-refractivity contribution < 1.29 is 5.21 Å². The van der Waals surface area contributed by atoms with Gasteiger partial charge in [0, 0.05) is 23.8 Å². The molecular weight excluding hydrogens is 226 g/mol. The molecule has 4 nitrogen and oxygen atoms in total. The molecule has 1 fully saturated rings. The lowest BCUT2D eigenvalue weighted by Gasteiger charge is -2.26. The van der Waals surface area contributed by atoms with E-state index in [-0.39, 0.29) is 5.84 Å². The highest BCUT2D eigenvalue weighted by Crippen LogP contribution is 2.31. The quantitative estimate of drug-likeness (QED) is 0.365. The van der Waals surface area contributed by atoms with E-state index in [1.165, 1.54) is 12.0 Å². The summed E-state index contributed by atoms with van der Waals surface area (Å²) in [6.07, 6.45) is 1.18. The fraction of sp³-hybridized carbons (Fsp3) is 0.500. The maximum atomic E-state index is 8.89. The van der Waals surface area contributed by atoms with Gasteiger partial charge < -0.3 is 15.8 Å². The van der Waals surface area contributed by atoms with Crippen molar-refractivity contribution in [1.82, 2.24) is 0 Å². The molecule has 3 N–H and O–H groups in total. The highest BCUT2D eigenvalue weighted by atomic mass is 16.4. The topological polar surface area (TPSA) is 61.9 Å². The molecule has 1 aromatic rings. The molecule has 2 atom stereocenters. The van der Waals surface area contributed by atoms with Crippen LogP contribution < -0.4 is 10.6 Å². The Labute approximate surface area is 108 Å². The first-order valence-corrected chi connectivity index (χ1v) is 6.38. The molecule has 1 saturated heterocycles. The van der Waals surface area contributed by atoms with Crippen LogP contribution in [0.4, 0.5) is 5.69 Å². The first-order valence-electron chi connectivity index (χ1n) is 6.38. The minimum atomic E-state index is 0.178. The first kappa shape index (κ1) is 12.7. The monoisotopic (exact) mass is 247 g/mol. The Hall–Kier alpha value is -1.71. The Bertz CT molecular complexity index is 470. The average Bonchev–Trinajstić information content (AvgIpc) is 2.67. The molecule has 1 aliphatic rings. The summed E-state index contributed by atoms with van der Waals surface area (Å²) in [7, 11) is 0. The van der Waals surface area contributed by atoms with Gasteiger partial charge in [0.15, 0.2) is 5.84 Å². The summed E-state index contributed by atoms with van der Waals surface area (Å²) >= 11 is 0. The summed E-state index contributed by atoms with van der Waals surface area (Å²) in [5, 5.41) is 12.0. The largest absolute Gasteiger partial charge is 0.409 e. The Balaban J connectivity index is 2.45. The molecule has 0 saturated carbocycles. The zero-order valence-electron chi connectivity index (χ0n) is 11.2. The van der Waals surface area contributed by atoms with Crippen molar-refractivity contribution >= 4 is 11.5 Å². The summed E-state index contributed by atoms with van der Waals surface area (Å²) in [5.74, 6) is 0.859. The Morgan fingerprint density at radius 1 is 1.44 bits per heavy atom. The first-order chi connectivity index (χ1) is 8.52.